The minimum atomic E-state index is -0.168. The predicted octanol–water partition coefficient (Wildman–Crippen LogP) is 1.79. The summed E-state index contributed by atoms with van der Waals surface area (Å²) in [5.41, 5.74) is 1.64. The van der Waals surface area contributed by atoms with Gasteiger partial charge in [0.05, 0.1) is 19.3 Å². The summed E-state index contributed by atoms with van der Waals surface area (Å²) >= 11 is 0. The zero-order valence-corrected chi connectivity index (χ0v) is 12.2. The van der Waals surface area contributed by atoms with E-state index in [2.05, 4.69) is 10.2 Å². The Hall–Kier alpha value is -1.17. The largest absolute Gasteiger partial charge is 0.383 e. The van der Waals surface area contributed by atoms with Crippen LogP contribution in [0.25, 0.3) is 0 Å². The highest BCUT2D eigenvalue weighted by Crippen LogP contribution is 2.26. The summed E-state index contributed by atoms with van der Waals surface area (Å²) in [4.78, 5) is 2.13. The predicted molar refractivity (Wildman–Crippen MR) is 77.6 cm³/mol. The Kier molecular flexibility index (Phi) is 5.76. The maximum absolute atomic E-state index is 14.1. The molecule has 1 aromatic rings. The van der Waals surface area contributed by atoms with Gasteiger partial charge in [0.25, 0.3) is 0 Å². The molecule has 0 bridgehead atoms. The monoisotopic (exact) mass is 282 g/mol. The van der Waals surface area contributed by atoms with Crippen molar-refractivity contribution >= 4 is 5.69 Å². The number of ether oxygens (including phenoxy) is 2. The maximum Gasteiger partial charge on any atom is 0.129 e. The lowest BCUT2D eigenvalue weighted by atomic mass is 10.1. The fourth-order valence-corrected chi connectivity index (χ4v) is 2.46. The van der Waals surface area contributed by atoms with E-state index in [1.807, 2.05) is 13.1 Å². The van der Waals surface area contributed by atoms with Crippen LogP contribution in [-0.4, -0.2) is 46.6 Å². The average Bonchev–Trinajstić information content (AvgIpc) is 2.98. The Balaban J connectivity index is 2.08. The fraction of sp³-hybridized carbons (Fsp3) is 0.600. The summed E-state index contributed by atoms with van der Waals surface area (Å²) < 4.78 is 24.5. The normalized spacial score (nSPS) is 18.4. The SMILES string of the molecule is COCCNCc1c(F)cccc1N(C)C1CCOC1. The minimum Gasteiger partial charge on any atom is -0.383 e. The standard InChI is InChI=1S/C15H23FN2O2/c1-18(12-6-8-20-11-12)15-5-3-4-14(16)13(15)10-17-7-9-19-2/h3-5,12,17H,6-11H2,1-2H3. The molecule has 112 valence electrons. The van der Waals surface area contributed by atoms with E-state index in [1.165, 1.54) is 6.07 Å². The first kappa shape index (κ1) is 15.2. The molecule has 1 aliphatic rings. The van der Waals surface area contributed by atoms with Crippen LogP contribution >= 0.6 is 0 Å². The molecule has 2 rings (SSSR count). The van der Waals surface area contributed by atoms with Crippen LogP contribution in [0.3, 0.4) is 0 Å². The molecule has 1 saturated heterocycles. The Morgan fingerprint density at radius 2 is 2.35 bits per heavy atom. The van der Waals surface area contributed by atoms with Crippen LogP contribution in [0, 0.1) is 5.82 Å². The third-order valence-corrected chi connectivity index (χ3v) is 3.71. The number of halogens is 1. The highest BCUT2D eigenvalue weighted by molar-refractivity contribution is 5.54. The van der Waals surface area contributed by atoms with Gasteiger partial charge in [-0.05, 0) is 18.6 Å². The lowest BCUT2D eigenvalue weighted by molar-refractivity contribution is 0.193. The first-order valence-corrected chi connectivity index (χ1v) is 7.01. The molecule has 0 radical (unpaired) electrons. The van der Waals surface area contributed by atoms with E-state index in [0.29, 0.717) is 37.9 Å². The van der Waals surface area contributed by atoms with E-state index < -0.39 is 0 Å². The quantitative estimate of drug-likeness (QED) is 0.773. The van der Waals surface area contributed by atoms with Crippen molar-refractivity contribution in [2.24, 2.45) is 0 Å². The van der Waals surface area contributed by atoms with Crippen molar-refractivity contribution in [2.45, 2.75) is 19.0 Å². The molecule has 0 amide bonds. The number of likely N-dealkylation sites (N-methyl/N-ethyl adjacent to an activating group) is 1. The molecule has 0 saturated carbocycles. The molecule has 1 N–H and O–H groups in total. The maximum atomic E-state index is 14.1. The van der Waals surface area contributed by atoms with Gasteiger partial charge in [0.1, 0.15) is 5.82 Å². The van der Waals surface area contributed by atoms with Gasteiger partial charge in [0.15, 0.2) is 0 Å². The van der Waals surface area contributed by atoms with Crippen molar-refractivity contribution < 1.29 is 13.9 Å². The van der Waals surface area contributed by atoms with Gasteiger partial charge in [-0.1, -0.05) is 6.07 Å². The van der Waals surface area contributed by atoms with Gasteiger partial charge < -0.3 is 19.7 Å². The van der Waals surface area contributed by atoms with Gasteiger partial charge in [0.2, 0.25) is 0 Å². The lowest BCUT2D eigenvalue weighted by Crippen LogP contribution is -2.33. The summed E-state index contributed by atoms with van der Waals surface area (Å²) in [6.07, 6.45) is 0.990. The van der Waals surface area contributed by atoms with Crippen molar-refractivity contribution in [1.29, 1.82) is 0 Å². The summed E-state index contributed by atoms with van der Waals surface area (Å²) in [6.45, 7) is 3.33. The van der Waals surface area contributed by atoms with Gasteiger partial charge in [0, 0.05) is 45.1 Å². The first-order chi connectivity index (χ1) is 9.74. The third-order valence-electron chi connectivity index (χ3n) is 3.71. The molecule has 1 aliphatic heterocycles. The van der Waals surface area contributed by atoms with Crippen LogP contribution in [0.4, 0.5) is 10.1 Å². The molecule has 0 aliphatic carbocycles. The number of methoxy groups -OCH3 is 1. The Labute approximate surface area is 119 Å². The number of hydrogen-bond donors (Lipinski definition) is 1. The van der Waals surface area contributed by atoms with Crippen LogP contribution in [0.1, 0.15) is 12.0 Å². The second-order valence-corrected chi connectivity index (χ2v) is 5.04. The number of nitrogens with one attached hydrogen (secondary N) is 1. The van der Waals surface area contributed by atoms with Crippen molar-refractivity contribution in [1.82, 2.24) is 5.32 Å². The molecule has 1 fully saturated rings. The average molecular weight is 282 g/mol. The number of rotatable bonds is 7. The second kappa shape index (κ2) is 7.57. The summed E-state index contributed by atoms with van der Waals surface area (Å²) in [5, 5.41) is 3.21. The molecule has 4 nitrogen and oxygen atoms in total. The number of nitrogens with zero attached hydrogens (tertiary/aromatic N) is 1. The van der Waals surface area contributed by atoms with E-state index in [-0.39, 0.29) is 5.82 Å². The van der Waals surface area contributed by atoms with Crippen molar-refractivity contribution in [2.75, 3.05) is 45.4 Å². The van der Waals surface area contributed by atoms with Gasteiger partial charge >= 0.3 is 0 Å². The van der Waals surface area contributed by atoms with Gasteiger partial charge in [-0.15, -0.1) is 0 Å². The Morgan fingerprint density at radius 1 is 1.50 bits per heavy atom. The molecular weight excluding hydrogens is 259 g/mol. The van der Waals surface area contributed by atoms with Crippen molar-refractivity contribution in [3.05, 3.63) is 29.6 Å². The topological polar surface area (TPSA) is 33.7 Å². The van der Waals surface area contributed by atoms with Crippen LogP contribution < -0.4 is 10.2 Å². The lowest BCUT2D eigenvalue weighted by Gasteiger charge is -2.28. The zero-order chi connectivity index (χ0) is 14.4. The molecule has 1 aromatic carbocycles. The number of hydrogen-bond acceptors (Lipinski definition) is 4. The van der Waals surface area contributed by atoms with Gasteiger partial charge in [-0.3, -0.25) is 0 Å². The van der Waals surface area contributed by atoms with Crippen LogP contribution in [0.15, 0.2) is 18.2 Å². The van der Waals surface area contributed by atoms with E-state index in [0.717, 1.165) is 18.7 Å². The summed E-state index contributed by atoms with van der Waals surface area (Å²) in [6, 6.07) is 5.56. The molecule has 1 unspecified atom stereocenters. The molecule has 0 aromatic heterocycles. The molecular formula is C15H23FN2O2. The van der Waals surface area contributed by atoms with E-state index in [4.69, 9.17) is 9.47 Å². The van der Waals surface area contributed by atoms with Crippen molar-refractivity contribution in [3.63, 3.8) is 0 Å². The molecule has 0 spiro atoms. The van der Waals surface area contributed by atoms with Crippen molar-refractivity contribution in [3.8, 4) is 0 Å². The van der Waals surface area contributed by atoms with Gasteiger partial charge in [-0.2, -0.15) is 0 Å². The Bertz CT molecular complexity index is 422. The Morgan fingerprint density at radius 3 is 3.05 bits per heavy atom. The second-order valence-electron chi connectivity index (χ2n) is 5.04. The van der Waals surface area contributed by atoms with E-state index >= 15 is 0 Å². The van der Waals surface area contributed by atoms with Crippen LogP contribution in [0.5, 0.6) is 0 Å². The molecule has 1 heterocycles. The zero-order valence-electron chi connectivity index (χ0n) is 12.2. The molecule has 20 heavy (non-hydrogen) atoms. The van der Waals surface area contributed by atoms with E-state index in [9.17, 15) is 4.39 Å². The number of anilines is 1. The van der Waals surface area contributed by atoms with Crippen LogP contribution in [0.2, 0.25) is 0 Å². The number of benzene rings is 1. The highest BCUT2D eigenvalue weighted by atomic mass is 19.1. The summed E-state index contributed by atoms with van der Waals surface area (Å²) in [5.74, 6) is -0.168. The van der Waals surface area contributed by atoms with E-state index in [1.54, 1.807) is 13.2 Å². The fourth-order valence-electron chi connectivity index (χ4n) is 2.46. The smallest absolute Gasteiger partial charge is 0.129 e. The molecule has 1 atom stereocenters. The minimum absolute atomic E-state index is 0.168. The third kappa shape index (κ3) is 3.69. The molecule has 5 heteroatoms. The summed E-state index contributed by atoms with van der Waals surface area (Å²) in [7, 11) is 3.66. The van der Waals surface area contributed by atoms with Gasteiger partial charge in [-0.25, -0.2) is 4.39 Å². The highest BCUT2D eigenvalue weighted by Gasteiger charge is 2.23. The van der Waals surface area contributed by atoms with Crippen LogP contribution in [-0.2, 0) is 16.0 Å². The first-order valence-electron chi connectivity index (χ1n) is 7.01.